The zero-order chi connectivity index (χ0) is 18.4. The summed E-state index contributed by atoms with van der Waals surface area (Å²) in [7, 11) is 1.77. The largest absolute Gasteiger partial charge is 0.329 e. The molecule has 1 unspecified atom stereocenters. The summed E-state index contributed by atoms with van der Waals surface area (Å²) in [5.74, 6) is -0.0407. The van der Waals surface area contributed by atoms with Crippen LogP contribution in [0.5, 0.6) is 0 Å². The number of piperidine rings is 1. The van der Waals surface area contributed by atoms with Crippen molar-refractivity contribution in [1.82, 2.24) is 29.3 Å². The molecule has 1 N–H and O–H groups in total. The number of nitrogens with zero attached hydrogens (tertiary/aromatic N) is 5. The zero-order valence-corrected chi connectivity index (χ0v) is 15.2. The summed E-state index contributed by atoms with van der Waals surface area (Å²) in [5.41, 5.74) is 3.25. The lowest BCUT2D eigenvalue weighted by Gasteiger charge is -2.35. The van der Waals surface area contributed by atoms with Crippen LogP contribution in [-0.4, -0.2) is 41.7 Å². The molecule has 3 aromatic heterocycles. The van der Waals surface area contributed by atoms with Gasteiger partial charge in [0, 0.05) is 37.1 Å². The number of carbonyl (C=O) groups excluding carboxylic acids is 1. The molecule has 136 valence electrons. The first kappa shape index (κ1) is 16.6. The molecule has 4 heterocycles. The quantitative estimate of drug-likeness (QED) is 0.759. The highest BCUT2D eigenvalue weighted by molar-refractivity contribution is 5.92. The number of aromatic nitrogens is 5. The highest BCUT2D eigenvalue weighted by Crippen LogP contribution is 2.31. The van der Waals surface area contributed by atoms with E-state index in [0.717, 1.165) is 30.7 Å². The lowest BCUT2D eigenvalue weighted by atomic mass is 9.99. The van der Waals surface area contributed by atoms with Crippen molar-refractivity contribution in [2.75, 3.05) is 6.54 Å². The van der Waals surface area contributed by atoms with E-state index >= 15 is 0 Å². The molecular weight excluding hydrogens is 332 g/mol. The van der Waals surface area contributed by atoms with Gasteiger partial charge in [0.25, 0.3) is 11.5 Å². The molecule has 1 amide bonds. The molecule has 0 aromatic carbocycles. The molecule has 1 atom stereocenters. The monoisotopic (exact) mass is 354 g/mol. The van der Waals surface area contributed by atoms with Gasteiger partial charge in [-0.15, -0.1) is 0 Å². The predicted octanol–water partition coefficient (Wildman–Crippen LogP) is 1.74. The second kappa shape index (κ2) is 6.12. The molecule has 0 bridgehead atoms. The highest BCUT2D eigenvalue weighted by Gasteiger charge is 2.31. The first-order valence-corrected chi connectivity index (χ1v) is 8.85. The molecule has 3 aromatic rings. The number of nitrogens with one attached hydrogen (secondary N) is 1. The van der Waals surface area contributed by atoms with E-state index in [-0.39, 0.29) is 17.5 Å². The van der Waals surface area contributed by atoms with Gasteiger partial charge in [-0.2, -0.15) is 5.10 Å². The molecule has 1 aliphatic rings. The number of H-pyrrole nitrogens is 1. The van der Waals surface area contributed by atoms with Crippen molar-refractivity contribution >= 4 is 11.6 Å². The zero-order valence-electron chi connectivity index (χ0n) is 15.2. The molecule has 1 saturated heterocycles. The molecule has 8 nitrogen and oxygen atoms in total. The van der Waals surface area contributed by atoms with Crippen molar-refractivity contribution in [3.05, 3.63) is 51.3 Å². The van der Waals surface area contributed by atoms with Gasteiger partial charge in [0.15, 0.2) is 5.65 Å². The number of aryl methyl sites for hydroxylation is 2. The highest BCUT2D eigenvalue weighted by atomic mass is 16.2. The number of fused-ring (bicyclic) bond motifs is 1. The van der Waals surface area contributed by atoms with Gasteiger partial charge >= 0.3 is 0 Å². The summed E-state index contributed by atoms with van der Waals surface area (Å²) in [6.45, 7) is 4.29. The second-order valence-corrected chi connectivity index (χ2v) is 6.88. The van der Waals surface area contributed by atoms with Gasteiger partial charge in [-0.05, 0) is 39.2 Å². The second-order valence-electron chi connectivity index (χ2n) is 6.88. The van der Waals surface area contributed by atoms with Gasteiger partial charge < -0.3 is 4.90 Å². The number of rotatable bonds is 2. The van der Waals surface area contributed by atoms with Crippen molar-refractivity contribution in [2.45, 2.75) is 39.2 Å². The SMILES string of the molecule is Cc1nc2cc(C3CCCCN3C(=O)c3ccnn3C)[nH]n2c(=O)c1C. The van der Waals surface area contributed by atoms with Crippen molar-refractivity contribution in [3.8, 4) is 0 Å². The lowest BCUT2D eigenvalue weighted by molar-refractivity contribution is 0.0594. The summed E-state index contributed by atoms with van der Waals surface area (Å²) >= 11 is 0. The van der Waals surface area contributed by atoms with Crippen LogP contribution in [0.15, 0.2) is 23.1 Å². The van der Waals surface area contributed by atoms with E-state index in [1.807, 2.05) is 17.9 Å². The molecule has 0 aliphatic carbocycles. The van der Waals surface area contributed by atoms with Crippen molar-refractivity contribution in [1.29, 1.82) is 0 Å². The van der Waals surface area contributed by atoms with Crippen molar-refractivity contribution < 1.29 is 4.79 Å². The maximum absolute atomic E-state index is 13.0. The summed E-state index contributed by atoms with van der Waals surface area (Å²) in [6, 6.07) is 3.51. The fraction of sp³-hybridized carbons (Fsp3) is 0.444. The van der Waals surface area contributed by atoms with Crippen LogP contribution in [0, 0.1) is 13.8 Å². The summed E-state index contributed by atoms with van der Waals surface area (Å²) < 4.78 is 3.07. The van der Waals surface area contributed by atoms with Crippen molar-refractivity contribution in [2.24, 2.45) is 7.05 Å². The molecule has 0 saturated carbocycles. The maximum atomic E-state index is 13.0. The average molecular weight is 354 g/mol. The first-order valence-electron chi connectivity index (χ1n) is 8.85. The van der Waals surface area contributed by atoms with Gasteiger partial charge in [-0.1, -0.05) is 0 Å². The summed E-state index contributed by atoms with van der Waals surface area (Å²) in [5, 5.41) is 7.27. The molecule has 0 spiro atoms. The Kier molecular flexibility index (Phi) is 3.90. The van der Waals surface area contributed by atoms with E-state index in [9.17, 15) is 9.59 Å². The molecule has 0 radical (unpaired) electrons. The molecule has 26 heavy (non-hydrogen) atoms. The Bertz CT molecular complexity index is 1040. The minimum Gasteiger partial charge on any atom is -0.329 e. The number of hydrogen-bond donors (Lipinski definition) is 1. The summed E-state index contributed by atoms with van der Waals surface area (Å²) in [4.78, 5) is 31.9. The number of likely N-dealkylation sites (tertiary alicyclic amines) is 1. The minimum absolute atomic E-state index is 0.0407. The molecular formula is C18H22N6O2. The Morgan fingerprint density at radius 1 is 1.31 bits per heavy atom. The lowest BCUT2D eigenvalue weighted by Crippen LogP contribution is -2.39. The summed E-state index contributed by atoms with van der Waals surface area (Å²) in [6.07, 6.45) is 4.49. The van der Waals surface area contributed by atoms with Gasteiger partial charge in [0.1, 0.15) is 5.69 Å². The van der Waals surface area contributed by atoms with E-state index in [4.69, 9.17) is 0 Å². The smallest absolute Gasteiger partial charge is 0.275 e. The number of aromatic amines is 1. The minimum atomic E-state index is -0.104. The van der Waals surface area contributed by atoms with E-state index in [1.165, 1.54) is 4.52 Å². The van der Waals surface area contributed by atoms with Crippen LogP contribution in [0.25, 0.3) is 5.65 Å². The first-order chi connectivity index (χ1) is 12.5. The van der Waals surface area contributed by atoms with Gasteiger partial charge in [0.05, 0.1) is 11.7 Å². The fourth-order valence-electron chi connectivity index (χ4n) is 3.64. The fourth-order valence-corrected chi connectivity index (χ4v) is 3.64. The van der Waals surface area contributed by atoms with E-state index in [0.29, 0.717) is 23.4 Å². The van der Waals surface area contributed by atoms with Gasteiger partial charge in [0.2, 0.25) is 0 Å². The topological polar surface area (TPSA) is 88.3 Å². The molecule has 1 aliphatic heterocycles. The van der Waals surface area contributed by atoms with Crippen LogP contribution in [-0.2, 0) is 7.05 Å². The molecule has 1 fully saturated rings. The number of hydrogen-bond acceptors (Lipinski definition) is 4. The maximum Gasteiger partial charge on any atom is 0.275 e. The predicted molar refractivity (Wildman–Crippen MR) is 96.1 cm³/mol. The third-order valence-corrected chi connectivity index (χ3v) is 5.27. The standard InChI is InChI=1S/C18H22N6O2/c1-11-12(2)20-16-10-13(21-24(16)17(11)25)14-6-4-5-9-23(14)18(26)15-7-8-19-22(15)3/h7-8,10,14,21H,4-6,9H2,1-3H3. The third kappa shape index (κ3) is 2.53. The number of carbonyl (C=O) groups is 1. The van der Waals surface area contributed by atoms with Crippen LogP contribution in [0.3, 0.4) is 0 Å². The Morgan fingerprint density at radius 3 is 2.85 bits per heavy atom. The van der Waals surface area contributed by atoms with E-state index in [1.54, 1.807) is 30.9 Å². The van der Waals surface area contributed by atoms with Crippen LogP contribution in [0.4, 0.5) is 0 Å². The van der Waals surface area contributed by atoms with Crippen LogP contribution >= 0.6 is 0 Å². The van der Waals surface area contributed by atoms with Crippen LogP contribution in [0.1, 0.15) is 52.7 Å². The normalized spacial score (nSPS) is 17.8. The Balaban J connectivity index is 1.76. The molecule has 4 rings (SSSR count). The van der Waals surface area contributed by atoms with Gasteiger partial charge in [-0.25, -0.2) is 9.50 Å². The van der Waals surface area contributed by atoms with E-state index in [2.05, 4.69) is 15.2 Å². The Labute approximate surface area is 150 Å². The van der Waals surface area contributed by atoms with E-state index < -0.39 is 0 Å². The van der Waals surface area contributed by atoms with Crippen LogP contribution < -0.4 is 5.56 Å². The van der Waals surface area contributed by atoms with Crippen LogP contribution in [0.2, 0.25) is 0 Å². The average Bonchev–Trinajstić information content (AvgIpc) is 3.25. The van der Waals surface area contributed by atoms with Gasteiger partial charge in [-0.3, -0.25) is 19.4 Å². The Morgan fingerprint density at radius 2 is 2.12 bits per heavy atom. The Hall–Kier alpha value is -2.90. The van der Waals surface area contributed by atoms with Crippen molar-refractivity contribution in [3.63, 3.8) is 0 Å². The number of amides is 1. The molecule has 8 heteroatoms. The third-order valence-electron chi connectivity index (χ3n) is 5.27.